The predicted octanol–water partition coefficient (Wildman–Crippen LogP) is 7.40. The average molecular weight is 646 g/mol. The first-order valence-electron chi connectivity index (χ1n) is 13.6. The molecule has 0 spiro atoms. The Morgan fingerprint density at radius 3 is 2.18 bits per heavy atom. The lowest BCUT2D eigenvalue weighted by atomic mass is 10.0. The monoisotopic (exact) mass is 645 g/mol. The van der Waals surface area contributed by atoms with Crippen LogP contribution < -0.4 is 9.04 Å². The van der Waals surface area contributed by atoms with Gasteiger partial charge in [0.1, 0.15) is 11.9 Å². The highest BCUT2D eigenvalue weighted by molar-refractivity contribution is 7.92. The lowest BCUT2D eigenvalue weighted by Gasteiger charge is -2.36. The number of anilines is 1. The van der Waals surface area contributed by atoms with Gasteiger partial charge in [0.2, 0.25) is 0 Å². The largest absolute Gasteiger partial charge is 0.486 e. The molecule has 7 nitrogen and oxygen atoms in total. The number of unbranched alkanes of at least 4 members (excludes halogenated alkanes) is 1. The number of hydrogen-bond acceptors (Lipinski definition) is 5. The van der Waals surface area contributed by atoms with Crippen molar-refractivity contribution in [3.8, 4) is 16.9 Å². The van der Waals surface area contributed by atoms with E-state index in [9.17, 15) is 39.6 Å². The highest BCUT2D eigenvalue weighted by Gasteiger charge is 2.37. The summed E-state index contributed by atoms with van der Waals surface area (Å²) in [5, 5.41) is 8.67. The number of carboxylic acids is 1. The number of carboxylic acid groups (broad SMARTS) is 1. The van der Waals surface area contributed by atoms with Crippen molar-refractivity contribution in [2.45, 2.75) is 55.5 Å². The molecular weight excluding hydrogens is 616 g/mol. The van der Waals surface area contributed by atoms with Crippen LogP contribution in [0.4, 0.5) is 32.0 Å². The van der Waals surface area contributed by atoms with Gasteiger partial charge in [-0.3, -0.25) is 9.10 Å². The molecule has 1 N–H and O–H groups in total. The number of alkyl halides is 6. The Kier molecular flexibility index (Phi) is 10.1. The Balaban J connectivity index is 1.61. The van der Waals surface area contributed by atoms with Gasteiger partial charge in [-0.15, -0.1) is 0 Å². The fourth-order valence-electron chi connectivity index (χ4n) is 4.71. The molecule has 3 aromatic rings. The molecule has 14 heteroatoms. The van der Waals surface area contributed by atoms with Crippen LogP contribution in [0.15, 0.2) is 71.6 Å². The molecule has 0 saturated heterocycles. The molecule has 1 atom stereocenters. The molecular formula is C30H29F6NO6S. The van der Waals surface area contributed by atoms with Crippen molar-refractivity contribution in [3.05, 3.63) is 77.9 Å². The molecule has 0 aliphatic carbocycles. The van der Waals surface area contributed by atoms with Crippen LogP contribution in [0.5, 0.6) is 5.75 Å². The third-order valence-electron chi connectivity index (χ3n) is 6.91. The number of halogens is 6. The third-order valence-corrected chi connectivity index (χ3v) is 8.68. The Morgan fingerprint density at radius 2 is 1.50 bits per heavy atom. The van der Waals surface area contributed by atoms with E-state index in [2.05, 4.69) is 0 Å². The molecule has 0 fully saturated rings. The predicted molar refractivity (Wildman–Crippen MR) is 149 cm³/mol. The van der Waals surface area contributed by atoms with Crippen LogP contribution in [-0.4, -0.2) is 45.4 Å². The Bertz CT molecular complexity index is 1570. The minimum absolute atomic E-state index is 0.0129. The highest BCUT2D eigenvalue weighted by atomic mass is 32.2. The number of carbonyl (C=O) groups is 1. The summed E-state index contributed by atoms with van der Waals surface area (Å²) in [4.78, 5) is 9.98. The summed E-state index contributed by atoms with van der Waals surface area (Å²) in [7, 11) is -4.57. The minimum Gasteiger partial charge on any atom is -0.486 e. The summed E-state index contributed by atoms with van der Waals surface area (Å²) in [5.41, 5.74) is -1.66. The first kappa shape index (κ1) is 33.1. The van der Waals surface area contributed by atoms with Gasteiger partial charge in [-0.2, -0.15) is 26.3 Å². The van der Waals surface area contributed by atoms with Crippen molar-refractivity contribution in [2.24, 2.45) is 0 Å². The standard InChI is InChI=1S/C30H29F6NO6S/c31-29(32,33)22-7-3-6-20(16-22)21-12-13-27-26(17-21)37(44(40,41)25-10-4-8-23(18-25)30(34,35)36)19-24(43-27)9-1-2-14-42-15-5-11-28(38)39/h3-4,6-8,10,12-13,16-18,24H,1-2,5,9,11,14-15,19H2,(H,38,39)/t24-/m0/s1. The van der Waals surface area contributed by atoms with Gasteiger partial charge < -0.3 is 14.6 Å². The number of nitrogens with zero attached hydrogens (tertiary/aromatic N) is 1. The summed E-state index contributed by atoms with van der Waals surface area (Å²) < 4.78 is 120. The topological polar surface area (TPSA) is 93.1 Å². The summed E-state index contributed by atoms with van der Waals surface area (Å²) in [6, 6.07) is 12.1. The highest BCUT2D eigenvalue weighted by Crippen LogP contribution is 2.42. The van der Waals surface area contributed by atoms with E-state index in [-0.39, 0.29) is 42.1 Å². The van der Waals surface area contributed by atoms with Crippen molar-refractivity contribution >= 4 is 21.7 Å². The van der Waals surface area contributed by atoms with Crippen molar-refractivity contribution in [2.75, 3.05) is 24.1 Å². The zero-order valence-electron chi connectivity index (χ0n) is 23.2. The van der Waals surface area contributed by atoms with E-state index in [1.807, 2.05) is 0 Å². The van der Waals surface area contributed by atoms with E-state index >= 15 is 0 Å². The third kappa shape index (κ3) is 8.23. The quantitative estimate of drug-likeness (QED) is 0.163. The second-order valence-electron chi connectivity index (χ2n) is 10.2. The van der Waals surface area contributed by atoms with E-state index in [4.69, 9.17) is 14.6 Å². The van der Waals surface area contributed by atoms with Crippen LogP contribution >= 0.6 is 0 Å². The van der Waals surface area contributed by atoms with Crippen LogP contribution in [0.2, 0.25) is 0 Å². The van der Waals surface area contributed by atoms with Crippen LogP contribution in [0.1, 0.15) is 43.2 Å². The summed E-state index contributed by atoms with van der Waals surface area (Å²) in [6.07, 6.45) is -8.26. The molecule has 0 saturated carbocycles. The summed E-state index contributed by atoms with van der Waals surface area (Å²) >= 11 is 0. The van der Waals surface area contributed by atoms with Gasteiger partial charge in [0.25, 0.3) is 10.0 Å². The van der Waals surface area contributed by atoms with Crippen molar-refractivity contribution in [1.82, 2.24) is 0 Å². The van der Waals surface area contributed by atoms with Crippen molar-refractivity contribution in [3.63, 3.8) is 0 Å². The molecule has 238 valence electrons. The molecule has 0 unspecified atom stereocenters. The number of ether oxygens (including phenoxy) is 2. The van der Waals surface area contributed by atoms with Gasteiger partial charge in [-0.05, 0) is 79.3 Å². The van der Waals surface area contributed by atoms with Crippen LogP contribution in [-0.2, 0) is 31.9 Å². The molecule has 44 heavy (non-hydrogen) atoms. The smallest absolute Gasteiger partial charge is 0.416 e. The number of aliphatic carboxylic acids is 1. The molecule has 4 rings (SSSR count). The maximum absolute atomic E-state index is 13.8. The van der Waals surface area contributed by atoms with E-state index in [0.29, 0.717) is 38.4 Å². The molecule has 1 aliphatic heterocycles. The van der Waals surface area contributed by atoms with E-state index < -0.39 is 50.5 Å². The molecule has 3 aromatic carbocycles. The summed E-state index contributed by atoms with van der Waals surface area (Å²) in [6.45, 7) is 0.365. The number of rotatable bonds is 12. The van der Waals surface area contributed by atoms with Gasteiger partial charge in [0.15, 0.2) is 0 Å². The molecule has 0 aromatic heterocycles. The van der Waals surface area contributed by atoms with Crippen molar-refractivity contribution < 1.29 is 54.1 Å². The number of sulfonamides is 1. The van der Waals surface area contributed by atoms with Crippen LogP contribution in [0, 0.1) is 0 Å². The van der Waals surface area contributed by atoms with Gasteiger partial charge in [0, 0.05) is 19.6 Å². The van der Waals surface area contributed by atoms with E-state index in [1.54, 1.807) is 0 Å². The maximum Gasteiger partial charge on any atom is 0.416 e. The fraction of sp³-hybridized carbons (Fsp3) is 0.367. The summed E-state index contributed by atoms with van der Waals surface area (Å²) in [5.74, 6) is -0.813. The lowest BCUT2D eigenvalue weighted by molar-refractivity contribution is -0.138. The number of fused-ring (bicyclic) bond motifs is 1. The average Bonchev–Trinajstić information content (AvgIpc) is 2.97. The van der Waals surface area contributed by atoms with Gasteiger partial charge in [0.05, 0.1) is 28.3 Å². The van der Waals surface area contributed by atoms with Gasteiger partial charge in [-0.1, -0.05) is 24.3 Å². The Hall–Kier alpha value is -3.78. The fourth-order valence-corrected chi connectivity index (χ4v) is 6.25. The zero-order chi connectivity index (χ0) is 32.1. The number of benzene rings is 3. The molecule has 1 heterocycles. The maximum atomic E-state index is 13.8. The molecule has 0 amide bonds. The molecule has 1 aliphatic rings. The number of hydrogen-bond donors (Lipinski definition) is 1. The Labute approximate surface area is 250 Å². The van der Waals surface area contributed by atoms with Crippen LogP contribution in [0.25, 0.3) is 11.1 Å². The SMILES string of the molecule is O=C(O)CCCOCCCC[C@H]1CN(S(=O)(=O)c2cccc(C(F)(F)F)c2)c2cc(-c3cccc(C(F)(F)F)c3)ccc2O1. The Morgan fingerprint density at radius 1 is 0.864 bits per heavy atom. The molecule has 0 bridgehead atoms. The van der Waals surface area contributed by atoms with Crippen molar-refractivity contribution in [1.29, 1.82) is 0 Å². The van der Waals surface area contributed by atoms with E-state index in [1.165, 1.54) is 30.3 Å². The minimum atomic E-state index is -4.79. The van der Waals surface area contributed by atoms with Gasteiger partial charge in [-0.25, -0.2) is 8.42 Å². The lowest BCUT2D eigenvalue weighted by Crippen LogP contribution is -2.43. The second-order valence-corrected chi connectivity index (χ2v) is 12.0. The molecule has 0 radical (unpaired) electrons. The van der Waals surface area contributed by atoms with E-state index in [0.717, 1.165) is 34.6 Å². The van der Waals surface area contributed by atoms with Crippen LogP contribution in [0.3, 0.4) is 0 Å². The first-order chi connectivity index (χ1) is 20.7. The second kappa shape index (κ2) is 13.5. The first-order valence-corrected chi connectivity index (χ1v) is 15.1. The van der Waals surface area contributed by atoms with Gasteiger partial charge >= 0.3 is 18.3 Å². The normalized spacial score (nSPS) is 15.5. The zero-order valence-corrected chi connectivity index (χ0v) is 24.0.